The van der Waals surface area contributed by atoms with Crippen molar-refractivity contribution in [2.24, 2.45) is 0 Å². The summed E-state index contributed by atoms with van der Waals surface area (Å²) in [6.45, 7) is 2.67. The highest BCUT2D eigenvalue weighted by Gasteiger charge is 2.32. The highest BCUT2D eigenvalue weighted by Crippen LogP contribution is 2.38. The Hall–Kier alpha value is -2.69. The van der Waals surface area contributed by atoms with Gasteiger partial charge in [0.2, 0.25) is 5.75 Å². The number of rotatable bonds is 8. The number of amides is 1. The molecule has 0 heterocycles. The van der Waals surface area contributed by atoms with Crippen molar-refractivity contribution >= 4 is 5.91 Å². The molecule has 1 aliphatic carbocycles. The van der Waals surface area contributed by atoms with Crippen LogP contribution in [0.3, 0.4) is 0 Å². The number of ether oxygens (including phenoxy) is 3. The molecule has 0 saturated heterocycles. The molecule has 0 N–H and O–H groups in total. The van der Waals surface area contributed by atoms with Gasteiger partial charge in [0.1, 0.15) is 0 Å². The van der Waals surface area contributed by atoms with Crippen LogP contribution in [0.2, 0.25) is 0 Å². The molecule has 5 heteroatoms. The molecule has 0 aliphatic heterocycles. The van der Waals surface area contributed by atoms with Crippen molar-refractivity contribution in [1.82, 2.24) is 4.90 Å². The highest BCUT2D eigenvalue weighted by atomic mass is 16.5. The molecule has 2 aromatic rings. The van der Waals surface area contributed by atoms with E-state index in [1.54, 1.807) is 21.3 Å². The quantitative estimate of drug-likeness (QED) is 0.709. The van der Waals surface area contributed by atoms with Crippen molar-refractivity contribution in [3.05, 3.63) is 53.1 Å². The Morgan fingerprint density at radius 2 is 1.70 bits per heavy atom. The van der Waals surface area contributed by atoms with Gasteiger partial charge in [-0.2, -0.15) is 0 Å². The average molecular weight is 369 g/mol. The Morgan fingerprint density at radius 3 is 2.22 bits per heavy atom. The maximum absolute atomic E-state index is 13.0. The van der Waals surface area contributed by atoms with Crippen LogP contribution < -0.4 is 14.2 Å². The monoisotopic (exact) mass is 369 g/mol. The summed E-state index contributed by atoms with van der Waals surface area (Å²) in [5.74, 6) is 1.96. The molecular formula is C22H27NO4. The molecule has 0 aromatic heterocycles. The molecule has 1 fully saturated rings. The van der Waals surface area contributed by atoms with E-state index < -0.39 is 0 Å². The predicted octanol–water partition coefficient (Wildman–Crippen LogP) is 3.87. The van der Waals surface area contributed by atoms with Gasteiger partial charge in [0.05, 0.1) is 21.3 Å². The van der Waals surface area contributed by atoms with E-state index in [1.165, 1.54) is 0 Å². The first kappa shape index (κ1) is 19.1. The van der Waals surface area contributed by atoms with Gasteiger partial charge in [0.25, 0.3) is 5.91 Å². The van der Waals surface area contributed by atoms with E-state index in [4.69, 9.17) is 14.2 Å². The Balaban J connectivity index is 1.78. The summed E-state index contributed by atoms with van der Waals surface area (Å²) < 4.78 is 16.2. The molecule has 1 saturated carbocycles. The van der Waals surface area contributed by atoms with Crippen LogP contribution in [0.1, 0.15) is 34.3 Å². The third-order valence-electron chi connectivity index (χ3n) is 4.88. The summed E-state index contributed by atoms with van der Waals surface area (Å²) in [6.07, 6.45) is 2.88. The minimum absolute atomic E-state index is 0.105. The fourth-order valence-corrected chi connectivity index (χ4v) is 3.31. The standard InChI is InChI=1S/C22H27NO4/c1-15-6-5-7-17(12-15)22(24)23(18-8-9-18)11-10-16-13-19(25-2)21(27-4)20(14-16)26-3/h5-7,12-14,18H,8-11H2,1-4H3. The van der Waals surface area contributed by atoms with E-state index in [-0.39, 0.29) is 5.91 Å². The van der Waals surface area contributed by atoms with Crippen LogP contribution in [0.15, 0.2) is 36.4 Å². The lowest BCUT2D eigenvalue weighted by atomic mass is 10.1. The van der Waals surface area contributed by atoms with Crippen molar-refractivity contribution in [1.29, 1.82) is 0 Å². The van der Waals surface area contributed by atoms with Crippen LogP contribution in [-0.2, 0) is 6.42 Å². The van der Waals surface area contributed by atoms with Gasteiger partial charge in [-0.15, -0.1) is 0 Å². The fraction of sp³-hybridized carbons (Fsp3) is 0.409. The summed E-state index contributed by atoms with van der Waals surface area (Å²) in [5, 5.41) is 0. The maximum atomic E-state index is 13.0. The van der Waals surface area contributed by atoms with Crippen molar-refractivity contribution < 1.29 is 19.0 Å². The number of carbonyl (C=O) groups is 1. The smallest absolute Gasteiger partial charge is 0.254 e. The number of methoxy groups -OCH3 is 3. The van der Waals surface area contributed by atoms with Gasteiger partial charge >= 0.3 is 0 Å². The SMILES string of the molecule is COc1cc(CCN(C(=O)c2cccc(C)c2)C2CC2)cc(OC)c1OC. The zero-order valence-electron chi connectivity index (χ0n) is 16.5. The van der Waals surface area contributed by atoms with Crippen LogP contribution in [-0.4, -0.2) is 44.7 Å². The van der Waals surface area contributed by atoms with Gasteiger partial charge in [-0.1, -0.05) is 17.7 Å². The normalized spacial score (nSPS) is 13.2. The molecule has 1 aliphatic rings. The van der Waals surface area contributed by atoms with Crippen LogP contribution in [0.4, 0.5) is 0 Å². The summed E-state index contributed by atoms with van der Waals surface area (Å²) >= 11 is 0. The molecule has 0 spiro atoms. The Labute approximate surface area is 160 Å². The zero-order valence-corrected chi connectivity index (χ0v) is 16.5. The van der Waals surface area contributed by atoms with E-state index in [2.05, 4.69) is 0 Å². The largest absolute Gasteiger partial charge is 0.493 e. The average Bonchev–Trinajstić information content (AvgIpc) is 3.52. The summed E-state index contributed by atoms with van der Waals surface area (Å²) in [5.41, 5.74) is 2.90. The number of benzene rings is 2. The zero-order chi connectivity index (χ0) is 19.4. The lowest BCUT2D eigenvalue weighted by molar-refractivity contribution is 0.0745. The first-order valence-electron chi connectivity index (χ1n) is 9.24. The van der Waals surface area contributed by atoms with Gasteiger partial charge in [-0.05, 0) is 56.0 Å². The van der Waals surface area contributed by atoms with Gasteiger partial charge in [0, 0.05) is 18.2 Å². The Bertz CT molecular complexity index is 789. The molecule has 0 unspecified atom stereocenters. The molecular weight excluding hydrogens is 342 g/mol. The second-order valence-electron chi connectivity index (χ2n) is 6.88. The van der Waals surface area contributed by atoms with Gasteiger partial charge < -0.3 is 19.1 Å². The lowest BCUT2D eigenvalue weighted by Crippen LogP contribution is -2.35. The third kappa shape index (κ3) is 4.35. The molecule has 27 heavy (non-hydrogen) atoms. The number of hydrogen-bond acceptors (Lipinski definition) is 4. The Morgan fingerprint density at radius 1 is 1.04 bits per heavy atom. The number of aryl methyl sites for hydroxylation is 1. The third-order valence-corrected chi connectivity index (χ3v) is 4.88. The van der Waals surface area contributed by atoms with Gasteiger partial charge in [0.15, 0.2) is 11.5 Å². The molecule has 144 valence electrons. The van der Waals surface area contributed by atoms with E-state index in [9.17, 15) is 4.79 Å². The van der Waals surface area contributed by atoms with Gasteiger partial charge in [-0.3, -0.25) is 4.79 Å². The summed E-state index contributed by atoms with van der Waals surface area (Å²) in [4.78, 5) is 15.0. The number of carbonyl (C=O) groups excluding carboxylic acids is 1. The number of hydrogen-bond donors (Lipinski definition) is 0. The number of nitrogens with zero attached hydrogens (tertiary/aromatic N) is 1. The van der Waals surface area contributed by atoms with Crippen LogP contribution in [0.25, 0.3) is 0 Å². The van der Waals surface area contributed by atoms with Crippen molar-refractivity contribution in [3.8, 4) is 17.2 Å². The van der Waals surface area contributed by atoms with Crippen molar-refractivity contribution in [3.63, 3.8) is 0 Å². The molecule has 2 aromatic carbocycles. The van der Waals surface area contributed by atoms with Crippen molar-refractivity contribution in [2.45, 2.75) is 32.2 Å². The first-order chi connectivity index (χ1) is 13.1. The second kappa shape index (κ2) is 8.33. The van der Waals surface area contributed by atoms with E-state index >= 15 is 0 Å². The van der Waals surface area contributed by atoms with Crippen LogP contribution >= 0.6 is 0 Å². The molecule has 1 amide bonds. The summed E-state index contributed by atoms with van der Waals surface area (Å²) in [6, 6.07) is 12.0. The minimum Gasteiger partial charge on any atom is -0.493 e. The fourth-order valence-electron chi connectivity index (χ4n) is 3.31. The summed E-state index contributed by atoms with van der Waals surface area (Å²) in [7, 11) is 4.81. The Kier molecular flexibility index (Phi) is 5.89. The van der Waals surface area contributed by atoms with Crippen LogP contribution in [0, 0.1) is 6.92 Å². The molecule has 3 rings (SSSR count). The lowest BCUT2D eigenvalue weighted by Gasteiger charge is -2.23. The minimum atomic E-state index is 0.105. The van der Waals surface area contributed by atoms with Gasteiger partial charge in [-0.25, -0.2) is 0 Å². The highest BCUT2D eigenvalue weighted by molar-refractivity contribution is 5.94. The molecule has 5 nitrogen and oxygen atoms in total. The van der Waals surface area contributed by atoms with E-state index in [0.717, 1.165) is 36.0 Å². The first-order valence-corrected chi connectivity index (χ1v) is 9.24. The second-order valence-corrected chi connectivity index (χ2v) is 6.88. The predicted molar refractivity (Wildman–Crippen MR) is 105 cm³/mol. The topological polar surface area (TPSA) is 48.0 Å². The van der Waals surface area contributed by atoms with E-state index in [1.807, 2.05) is 48.2 Å². The van der Waals surface area contributed by atoms with E-state index in [0.29, 0.717) is 29.8 Å². The molecule has 0 radical (unpaired) electrons. The maximum Gasteiger partial charge on any atom is 0.254 e. The van der Waals surface area contributed by atoms with Crippen molar-refractivity contribution in [2.75, 3.05) is 27.9 Å². The van der Waals surface area contributed by atoms with Crippen LogP contribution in [0.5, 0.6) is 17.2 Å². The molecule has 0 atom stereocenters. The molecule has 0 bridgehead atoms.